The Kier molecular flexibility index (Phi) is 3.32. The normalized spacial score (nSPS) is 32.1. The molecule has 1 aromatic carbocycles. The number of nitrogens with one attached hydrogen (secondary N) is 1. The first-order chi connectivity index (χ1) is 9.35. The van der Waals surface area contributed by atoms with E-state index in [0.717, 1.165) is 24.8 Å². The van der Waals surface area contributed by atoms with E-state index in [1.54, 1.807) is 6.07 Å². The number of hydrogen-bond donors (Lipinski definition) is 2. The summed E-state index contributed by atoms with van der Waals surface area (Å²) in [5, 5.41) is 13.4. The molecule has 0 bridgehead atoms. The summed E-state index contributed by atoms with van der Waals surface area (Å²) in [4.78, 5) is 0. The summed E-state index contributed by atoms with van der Waals surface area (Å²) in [5.41, 5.74) is 1.86. The largest absolute Gasteiger partial charge is 0.508 e. The Bertz CT molecular complexity index is 478. The van der Waals surface area contributed by atoms with Gasteiger partial charge in [-0.05, 0) is 81.4 Å². The van der Waals surface area contributed by atoms with Crippen LogP contribution in [0.15, 0.2) is 24.3 Å². The average Bonchev–Trinajstić information content (AvgIpc) is 2.95. The van der Waals surface area contributed by atoms with Gasteiger partial charge >= 0.3 is 0 Å². The molecule has 0 aromatic heterocycles. The second kappa shape index (κ2) is 4.77. The predicted molar refractivity (Wildman–Crippen MR) is 82.8 cm³/mol. The van der Waals surface area contributed by atoms with Crippen molar-refractivity contribution >= 4 is 0 Å². The van der Waals surface area contributed by atoms with E-state index in [2.05, 4.69) is 32.2 Å². The van der Waals surface area contributed by atoms with Crippen molar-refractivity contribution in [1.82, 2.24) is 5.32 Å². The van der Waals surface area contributed by atoms with E-state index in [4.69, 9.17) is 0 Å². The van der Waals surface area contributed by atoms with Crippen LogP contribution in [-0.4, -0.2) is 17.2 Å². The van der Waals surface area contributed by atoms with Crippen LogP contribution in [0.4, 0.5) is 0 Å². The number of rotatable bonds is 4. The Morgan fingerprint density at radius 1 is 1.25 bits per heavy atom. The van der Waals surface area contributed by atoms with Crippen LogP contribution in [0.25, 0.3) is 0 Å². The fraction of sp³-hybridized carbons (Fsp3) is 0.667. The monoisotopic (exact) mass is 273 g/mol. The molecule has 2 fully saturated rings. The highest BCUT2D eigenvalue weighted by Gasteiger charge is 2.53. The van der Waals surface area contributed by atoms with Crippen LogP contribution < -0.4 is 5.32 Å². The van der Waals surface area contributed by atoms with Gasteiger partial charge in [-0.1, -0.05) is 12.1 Å². The zero-order valence-electron chi connectivity index (χ0n) is 12.9. The molecule has 1 aromatic rings. The molecule has 2 aliphatic carbocycles. The van der Waals surface area contributed by atoms with Crippen molar-refractivity contribution in [2.24, 2.45) is 17.3 Å². The number of benzene rings is 1. The molecule has 2 unspecified atom stereocenters. The van der Waals surface area contributed by atoms with Gasteiger partial charge in [0.25, 0.3) is 0 Å². The molecule has 2 atom stereocenters. The van der Waals surface area contributed by atoms with Gasteiger partial charge in [-0.2, -0.15) is 0 Å². The summed E-state index contributed by atoms with van der Waals surface area (Å²) in [6, 6.07) is 7.81. The quantitative estimate of drug-likeness (QED) is 0.876. The maximum absolute atomic E-state index is 9.68. The van der Waals surface area contributed by atoms with Crippen molar-refractivity contribution < 1.29 is 5.11 Å². The Morgan fingerprint density at radius 2 is 1.95 bits per heavy atom. The van der Waals surface area contributed by atoms with Crippen LogP contribution in [0.3, 0.4) is 0 Å². The van der Waals surface area contributed by atoms with Gasteiger partial charge in [0.1, 0.15) is 5.75 Å². The van der Waals surface area contributed by atoms with E-state index in [1.165, 1.54) is 24.8 Å². The van der Waals surface area contributed by atoms with Crippen LogP contribution >= 0.6 is 0 Å². The van der Waals surface area contributed by atoms with Gasteiger partial charge in [0.05, 0.1) is 0 Å². The molecule has 0 heterocycles. The van der Waals surface area contributed by atoms with Gasteiger partial charge in [-0.25, -0.2) is 0 Å². The Morgan fingerprint density at radius 3 is 2.55 bits per heavy atom. The van der Waals surface area contributed by atoms with Gasteiger partial charge < -0.3 is 10.4 Å². The summed E-state index contributed by atoms with van der Waals surface area (Å²) in [6.07, 6.45) is 5.27. The van der Waals surface area contributed by atoms with Gasteiger partial charge in [0.2, 0.25) is 0 Å². The predicted octanol–water partition coefficient (Wildman–Crippen LogP) is 3.74. The highest BCUT2D eigenvalue weighted by atomic mass is 16.3. The van der Waals surface area contributed by atoms with Gasteiger partial charge in [-0.15, -0.1) is 0 Å². The van der Waals surface area contributed by atoms with Crippen LogP contribution in [-0.2, 0) is 6.42 Å². The standard InChI is InChI=1S/C18H27NO/c1-17(2,3)19-12-18(10-14-8-15(14)11-18)9-13-5-4-6-16(20)7-13/h4-7,14-15,19-20H,8-12H2,1-3H3. The SMILES string of the molecule is CC(C)(C)NCC1(Cc2cccc(O)c2)CC2CC2C1. The molecule has 0 saturated heterocycles. The van der Waals surface area contributed by atoms with E-state index < -0.39 is 0 Å². The third-order valence-corrected chi connectivity index (χ3v) is 4.94. The van der Waals surface area contributed by atoms with E-state index in [1.807, 2.05) is 12.1 Å². The molecule has 2 N–H and O–H groups in total. The molecule has 0 aliphatic heterocycles. The lowest BCUT2D eigenvalue weighted by Gasteiger charge is -2.35. The van der Waals surface area contributed by atoms with Crippen LogP contribution in [0.2, 0.25) is 0 Å². The van der Waals surface area contributed by atoms with Crippen molar-refractivity contribution in [2.75, 3.05) is 6.54 Å². The Balaban J connectivity index is 1.73. The van der Waals surface area contributed by atoms with Crippen LogP contribution in [0.1, 0.15) is 45.6 Å². The molecule has 2 nitrogen and oxygen atoms in total. The lowest BCUT2D eigenvalue weighted by Crippen LogP contribution is -2.44. The molecule has 0 spiro atoms. The van der Waals surface area contributed by atoms with Crippen molar-refractivity contribution in [3.8, 4) is 5.75 Å². The maximum atomic E-state index is 9.68. The van der Waals surface area contributed by atoms with Crippen molar-refractivity contribution in [2.45, 2.75) is 52.0 Å². The van der Waals surface area contributed by atoms with E-state index in [-0.39, 0.29) is 5.54 Å². The third kappa shape index (κ3) is 3.17. The lowest BCUT2D eigenvalue weighted by molar-refractivity contribution is 0.222. The molecule has 20 heavy (non-hydrogen) atoms. The molecule has 3 rings (SSSR count). The molecule has 0 radical (unpaired) electrons. The minimum absolute atomic E-state index is 0.179. The summed E-state index contributed by atoms with van der Waals surface area (Å²) in [5.74, 6) is 2.35. The van der Waals surface area contributed by atoms with Crippen LogP contribution in [0.5, 0.6) is 5.75 Å². The molecular weight excluding hydrogens is 246 g/mol. The zero-order chi connectivity index (χ0) is 14.4. The first kappa shape index (κ1) is 13.9. The summed E-state index contributed by atoms with van der Waals surface area (Å²) in [7, 11) is 0. The first-order valence-corrected chi connectivity index (χ1v) is 7.88. The smallest absolute Gasteiger partial charge is 0.115 e. The molecule has 110 valence electrons. The van der Waals surface area contributed by atoms with Gasteiger partial charge in [0, 0.05) is 12.1 Å². The van der Waals surface area contributed by atoms with Crippen molar-refractivity contribution in [1.29, 1.82) is 0 Å². The fourth-order valence-electron chi connectivity index (χ4n) is 3.91. The lowest BCUT2D eigenvalue weighted by atomic mass is 9.77. The van der Waals surface area contributed by atoms with E-state index >= 15 is 0 Å². The molecular formula is C18H27NO. The van der Waals surface area contributed by atoms with E-state index in [0.29, 0.717) is 11.2 Å². The summed E-state index contributed by atoms with van der Waals surface area (Å²) in [6.45, 7) is 7.82. The second-order valence-electron chi connectivity index (χ2n) is 8.11. The molecule has 2 heteroatoms. The minimum Gasteiger partial charge on any atom is -0.508 e. The minimum atomic E-state index is 0.179. The zero-order valence-corrected chi connectivity index (χ0v) is 12.9. The Labute approximate surface area is 122 Å². The van der Waals surface area contributed by atoms with Crippen LogP contribution in [0, 0.1) is 17.3 Å². The molecule has 2 aliphatic rings. The second-order valence-corrected chi connectivity index (χ2v) is 8.11. The number of aromatic hydroxyl groups is 1. The number of phenolic OH excluding ortho intramolecular Hbond substituents is 1. The fourth-order valence-corrected chi connectivity index (χ4v) is 3.91. The number of phenols is 1. The van der Waals surface area contributed by atoms with Crippen molar-refractivity contribution in [3.05, 3.63) is 29.8 Å². The third-order valence-electron chi connectivity index (χ3n) is 4.94. The summed E-state index contributed by atoms with van der Waals surface area (Å²) >= 11 is 0. The maximum Gasteiger partial charge on any atom is 0.115 e. The highest BCUT2D eigenvalue weighted by molar-refractivity contribution is 5.28. The number of fused-ring (bicyclic) bond motifs is 1. The Hall–Kier alpha value is -1.02. The molecule has 2 saturated carbocycles. The van der Waals surface area contributed by atoms with Gasteiger partial charge in [-0.3, -0.25) is 0 Å². The van der Waals surface area contributed by atoms with Crippen molar-refractivity contribution in [3.63, 3.8) is 0 Å². The number of hydrogen-bond acceptors (Lipinski definition) is 2. The topological polar surface area (TPSA) is 32.3 Å². The highest BCUT2D eigenvalue weighted by Crippen LogP contribution is 2.60. The molecule has 0 amide bonds. The van der Waals surface area contributed by atoms with Gasteiger partial charge in [0.15, 0.2) is 0 Å². The first-order valence-electron chi connectivity index (χ1n) is 7.88. The average molecular weight is 273 g/mol. The summed E-state index contributed by atoms with van der Waals surface area (Å²) < 4.78 is 0. The van der Waals surface area contributed by atoms with E-state index in [9.17, 15) is 5.11 Å².